The predicted octanol–water partition coefficient (Wildman–Crippen LogP) is 0.929. The maximum absolute atomic E-state index is 8.07. The predicted molar refractivity (Wildman–Crippen MR) is 25.5 cm³/mol. The van der Waals surface area contributed by atoms with E-state index >= 15 is 0 Å². The molecule has 0 aromatic heterocycles. The summed E-state index contributed by atoms with van der Waals surface area (Å²) in [5, 5.41) is 0. The second-order valence-electron chi connectivity index (χ2n) is 2.01. The fourth-order valence-electron chi connectivity index (χ4n) is 0.994. The van der Waals surface area contributed by atoms with Crippen LogP contribution in [0.15, 0.2) is 0 Å². The van der Waals surface area contributed by atoms with Gasteiger partial charge in [-0.15, -0.1) is 0 Å². The molecule has 2 nitrogen and oxygen atoms in total. The van der Waals surface area contributed by atoms with Crippen LogP contribution in [0.1, 0.15) is 25.7 Å². The highest BCUT2D eigenvalue weighted by molar-refractivity contribution is 4.64. The molecule has 0 aromatic rings. The Labute approximate surface area is 43.6 Å². The van der Waals surface area contributed by atoms with Gasteiger partial charge in [0.1, 0.15) is 0 Å². The quantitative estimate of drug-likeness (QED) is 0.450. The van der Waals surface area contributed by atoms with Gasteiger partial charge in [-0.1, -0.05) is 12.8 Å². The van der Waals surface area contributed by atoms with Crippen molar-refractivity contribution in [2.75, 3.05) is 0 Å². The Bertz CT molecular complexity index is 50.0. The normalized spacial score (nSPS) is 23.6. The fourth-order valence-corrected chi connectivity index (χ4v) is 0.994. The highest BCUT2D eigenvalue weighted by atomic mass is 16.6. The van der Waals surface area contributed by atoms with Gasteiger partial charge in [0, 0.05) is 5.90 Å². The third-order valence-corrected chi connectivity index (χ3v) is 1.45. The lowest BCUT2D eigenvalue weighted by Gasteiger charge is -1.98. The molecule has 7 heavy (non-hydrogen) atoms. The standard InChI is InChI=1S/C5H9NO/c6-7-5-3-1-2-4-5/h5H,1-4H2. The molecule has 0 bridgehead atoms. The maximum atomic E-state index is 8.07. The minimum Gasteiger partial charge on any atom is -0.260 e. The first-order valence-corrected chi connectivity index (χ1v) is 2.73. The summed E-state index contributed by atoms with van der Waals surface area (Å²) >= 11 is 0. The molecule has 40 valence electrons. The third-order valence-electron chi connectivity index (χ3n) is 1.45. The van der Waals surface area contributed by atoms with E-state index < -0.39 is 0 Å². The van der Waals surface area contributed by atoms with Gasteiger partial charge in [0.2, 0.25) is 0 Å². The van der Waals surface area contributed by atoms with Crippen LogP contribution < -0.4 is 5.90 Å². The van der Waals surface area contributed by atoms with E-state index in [1.807, 2.05) is 0 Å². The molecule has 0 N–H and O–H groups in total. The van der Waals surface area contributed by atoms with E-state index in [0.717, 1.165) is 12.8 Å². The summed E-state index contributed by atoms with van der Waals surface area (Å²) in [6.07, 6.45) is 4.66. The molecular formula is C5H9NO. The minimum atomic E-state index is 0.153. The van der Waals surface area contributed by atoms with Crippen LogP contribution in [0.4, 0.5) is 0 Å². The topological polar surface area (TPSA) is 31.5 Å². The monoisotopic (exact) mass is 99.1 g/mol. The van der Waals surface area contributed by atoms with E-state index in [4.69, 9.17) is 5.90 Å². The van der Waals surface area contributed by atoms with Gasteiger partial charge in [0.25, 0.3) is 0 Å². The molecule has 0 aromatic carbocycles. The SMILES string of the molecule is [N]OC1CCCC1. The highest BCUT2D eigenvalue weighted by Crippen LogP contribution is 2.19. The Hall–Kier alpha value is -0.0800. The molecule has 0 unspecified atom stereocenters. The molecular weight excluding hydrogens is 90.1 g/mol. The van der Waals surface area contributed by atoms with E-state index in [2.05, 4.69) is 4.84 Å². The van der Waals surface area contributed by atoms with E-state index in [9.17, 15) is 0 Å². The average Bonchev–Trinajstić information content (AvgIpc) is 2.14. The third kappa shape index (κ3) is 1.14. The summed E-state index contributed by atoms with van der Waals surface area (Å²) in [6.45, 7) is 0. The molecule has 1 aliphatic rings. The number of rotatable bonds is 1. The molecule has 1 fully saturated rings. The van der Waals surface area contributed by atoms with Gasteiger partial charge in [-0.3, -0.25) is 4.84 Å². The molecule has 1 aliphatic carbocycles. The summed E-state index contributed by atoms with van der Waals surface area (Å²) in [4.78, 5) is 4.11. The van der Waals surface area contributed by atoms with Crippen LogP contribution in [0, 0.1) is 0 Å². The molecule has 0 atom stereocenters. The second-order valence-corrected chi connectivity index (χ2v) is 2.01. The van der Waals surface area contributed by atoms with Crippen molar-refractivity contribution in [2.45, 2.75) is 31.8 Å². The highest BCUT2D eigenvalue weighted by Gasteiger charge is 2.13. The van der Waals surface area contributed by atoms with Crippen LogP contribution >= 0.6 is 0 Å². The second kappa shape index (κ2) is 2.28. The van der Waals surface area contributed by atoms with Gasteiger partial charge in [-0.05, 0) is 12.8 Å². The number of nitrogens with zero attached hydrogens (tertiary/aromatic N) is 1. The Morgan fingerprint density at radius 1 is 1.29 bits per heavy atom. The van der Waals surface area contributed by atoms with Crippen molar-refractivity contribution in [3.8, 4) is 0 Å². The van der Waals surface area contributed by atoms with Crippen LogP contribution in [0.5, 0.6) is 0 Å². The van der Waals surface area contributed by atoms with Gasteiger partial charge in [0.15, 0.2) is 0 Å². The Kier molecular flexibility index (Phi) is 1.65. The van der Waals surface area contributed by atoms with E-state index in [1.165, 1.54) is 12.8 Å². The zero-order chi connectivity index (χ0) is 5.11. The average molecular weight is 99.1 g/mol. The molecule has 0 saturated heterocycles. The number of hydrogen-bond acceptors (Lipinski definition) is 1. The minimum absolute atomic E-state index is 0.153. The summed E-state index contributed by atoms with van der Waals surface area (Å²) in [5.41, 5.74) is 0. The largest absolute Gasteiger partial charge is 0.260 e. The lowest BCUT2D eigenvalue weighted by Crippen LogP contribution is -2.03. The van der Waals surface area contributed by atoms with Crippen molar-refractivity contribution in [2.24, 2.45) is 0 Å². The van der Waals surface area contributed by atoms with Gasteiger partial charge >= 0.3 is 0 Å². The van der Waals surface area contributed by atoms with Gasteiger partial charge in [-0.2, -0.15) is 0 Å². The Balaban J connectivity index is 2.14. The van der Waals surface area contributed by atoms with Crippen LogP contribution in [-0.2, 0) is 4.84 Å². The first-order valence-electron chi connectivity index (χ1n) is 2.73. The van der Waals surface area contributed by atoms with Crippen LogP contribution in [0.25, 0.3) is 0 Å². The van der Waals surface area contributed by atoms with Crippen molar-refractivity contribution in [1.29, 1.82) is 0 Å². The van der Waals surface area contributed by atoms with Crippen molar-refractivity contribution in [3.63, 3.8) is 0 Å². The fraction of sp³-hybridized carbons (Fsp3) is 1.00. The lowest BCUT2D eigenvalue weighted by molar-refractivity contribution is 0.0424. The van der Waals surface area contributed by atoms with E-state index in [-0.39, 0.29) is 6.10 Å². The molecule has 0 spiro atoms. The van der Waals surface area contributed by atoms with Crippen molar-refractivity contribution in [1.82, 2.24) is 5.90 Å². The van der Waals surface area contributed by atoms with Crippen molar-refractivity contribution >= 4 is 0 Å². The lowest BCUT2D eigenvalue weighted by atomic mass is 10.3. The van der Waals surface area contributed by atoms with Gasteiger partial charge < -0.3 is 0 Å². The zero-order valence-electron chi connectivity index (χ0n) is 4.26. The molecule has 0 amide bonds. The number of hydrogen-bond donors (Lipinski definition) is 0. The smallest absolute Gasteiger partial charge is 0.0828 e. The first-order chi connectivity index (χ1) is 3.43. The molecule has 2 radical (unpaired) electrons. The molecule has 2 heteroatoms. The van der Waals surface area contributed by atoms with Crippen LogP contribution in [0.3, 0.4) is 0 Å². The van der Waals surface area contributed by atoms with Crippen molar-refractivity contribution in [3.05, 3.63) is 0 Å². The summed E-state index contributed by atoms with van der Waals surface area (Å²) in [7, 11) is 0. The molecule has 1 rings (SSSR count). The maximum Gasteiger partial charge on any atom is 0.0828 e. The molecule has 0 aliphatic heterocycles. The van der Waals surface area contributed by atoms with Crippen LogP contribution in [-0.4, -0.2) is 6.10 Å². The van der Waals surface area contributed by atoms with Crippen molar-refractivity contribution < 1.29 is 4.84 Å². The first kappa shape index (κ1) is 5.06. The molecule has 1 saturated carbocycles. The van der Waals surface area contributed by atoms with Crippen LogP contribution in [0.2, 0.25) is 0 Å². The Morgan fingerprint density at radius 2 is 1.86 bits per heavy atom. The molecule has 0 heterocycles. The summed E-state index contributed by atoms with van der Waals surface area (Å²) in [5.74, 6) is 8.07. The van der Waals surface area contributed by atoms with E-state index in [1.54, 1.807) is 0 Å². The zero-order valence-corrected chi connectivity index (χ0v) is 4.26. The van der Waals surface area contributed by atoms with Gasteiger partial charge in [0.05, 0.1) is 6.10 Å². The Morgan fingerprint density at radius 3 is 2.14 bits per heavy atom. The van der Waals surface area contributed by atoms with E-state index in [0.29, 0.717) is 0 Å². The summed E-state index contributed by atoms with van der Waals surface area (Å²) in [6, 6.07) is 0. The summed E-state index contributed by atoms with van der Waals surface area (Å²) < 4.78 is 0. The van der Waals surface area contributed by atoms with Gasteiger partial charge in [-0.25, -0.2) is 0 Å².